The predicted molar refractivity (Wildman–Crippen MR) is 73.4 cm³/mol. The molecule has 0 spiro atoms. The Labute approximate surface area is 100 Å². The minimum absolute atomic E-state index is 0.122. The number of anilines is 1. The molecular formula is C15H25N. The second-order valence-corrected chi connectivity index (χ2v) is 5.98. The maximum absolute atomic E-state index is 3.56. The van der Waals surface area contributed by atoms with Gasteiger partial charge in [0.2, 0.25) is 0 Å². The van der Waals surface area contributed by atoms with Crippen molar-refractivity contribution in [3.05, 3.63) is 28.8 Å². The van der Waals surface area contributed by atoms with Crippen LogP contribution >= 0.6 is 0 Å². The molecule has 0 fully saturated rings. The van der Waals surface area contributed by atoms with Crippen LogP contribution in [0.3, 0.4) is 0 Å². The first kappa shape index (κ1) is 13.1. The van der Waals surface area contributed by atoms with Gasteiger partial charge in [0.1, 0.15) is 0 Å². The van der Waals surface area contributed by atoms with Crippen molar-refractivity contribution in [3.8, 4) is 0 Å². The fourth-order valence-corrected chi connectivity index (χ4v) is 2.01. The third kappa shape index (κ3) is 3.01. The van der Waals surface area contributed by atoms with Gasteiger partial charge in [-0.05, 0) is 63.3 Å². The summed E-state index contributed by atoms with van der Waals surface area (Å²) in [6, 6.07) is 4.46. The van der Waals surface area contributed by atoms with Crippen molar-refractivity contribution >= 4 is 5.69 Å². The third-order valence-electron chi connectivity index (χ3n) is 2.96. The maximum Gasteiger partial charge on any atom is 0.0376 e. The molecule has 90 valence electrons. The van der Waals surface area contributed by atoms with Gasteiger partial charge in [-0.15, -0.1) is 0 Å². The van der Waals surface area contributed by atoms with E-state index in [4.69, 9.17) is 0 Å². The Morgan fingerprint density at radius 1 is 1.00 bits per heavy atom. The van der Waals surface area contributed by atoms with E-state index in [1.165, 1.54) is 22.4 Å². The van der Waals surface area contributed by atoms with Crippen molar-refractivity contribution in [2.24, 2.45) is 0 Å². The van der Waals surface area contributed by atoms with Crippen LogP contribution in [0.4, 0.5) is 5.69 Å². The topological polar surface area (TPSA) is 12.0 Å². The van der Waals surface area contributed by atoms with Crippen molar-refractivity contribution in [1.29, 1.82) is 0 Å². The molecule has 0 amide bonds. The van der Waals surface area contributed by atoms with E-state index in [-0.39, 0.29) is 5.54 Å². The van der Waals surface area contributed by atoms with Crippen molar-refractivity contribution < 1.29 is 0 Å². The first-order valence-corrected chi connectivity index (χ1v) is 6.10. The van der Waals surface area contributed by atoms with Gasteiger partial charge in [0.15, 0.2) is 0 Å². The summed E-state index contributed by atoms with van der Waals surface area (Å²) in [6.45, 7) is 15.5. The molecule has 16 heavy (non-hydrogen) atoms. The Kier molecular flexibility index (Phi) is 3.67. The molecule has 1 aromatic carbocycles. The lowest BCUT2D eigenvalue weighted by Gasteiger charge is -2.25. The molecule has 0 atom stereocenters. The summed E-state index contributed by atoms with van der Waals surface area (Å²) >= 11 is 0. The number of hydrogen-bond donors (Lipinski definition) is 1. The van der Waals surface area contributed by atoms with Crippen LogP contribution < -0.4 is 5.32 Å². The maximum atomic E-state index is 3.56. The van der Waals surface area contributed by atoms with Crippen LogP contribution in [0.2, 0.25) is 0 Å². The molecule has 0 saturated carbocycles. The number of rotatable bonds is 2. The van der Waals surface area contributed by atoms with Gasteiger partial charge in [0.25, 0.3) is 0 Å². The van der Waals surface area contributed by atoms with Crippen LogP contribution in [-0.2, 0) is 0 Å². The van der Waals surface area contributed by atoms with Crippen molar-refractivity contribution in [2.75, 3.05) is 5.32 Å². The number of hydrogen-bond acceptors (Lipinski definition) is 1. The van der Waals surface area contributed by atoms with E-state index in [0.29, 0.717) is 5.92 Å². The molecule has 0 radical (unpaired) electrons. The summed E-state index contributed by atoms with van der Waals surface area (Å²) in [5.74, 6) is 0.599. The summed E-state index contributed by atoms with van der Waals surface area (Å²) in [5, 5.41) is 3.56. The molecule has 0 aromatic heterocycles. The Balaban J connectivity index is 3.12. The first-order chi connectivity index (χ1) is 7.22. The Morgan fingerprint density at radius 2 is 1.56 bits per heavy atom. The lowest BCUT2D eigenvalue weighted by Crippen LogP contribution is -2.26. The summed E-state index contributed by atoms with van der Waals surface area (Å²) in [7, 11) is 0. The van der Waals surface area contributed by atoms with E-state index in [1.807, 2.05) is 0 Å². The highest BCUT2D eigenvalue weighted by Crippen LogP contribution is 2.28. The molecule has 1 N–H and O–H groups in total. The zero-order chi connectivity index (χ0) is 12.5. The summed E-state index contributed by atoms with van der Waals surface area (Å²) in [4.78, 5) is 0. The van der Waals surface area contributed by atoms with E-state index in [1.54, 1.807) is 0 Å². The van der Waals surface area contributed by atoms with Crippen LogP contribution in [0.1, 0.15) is 57.2 Å². The lowest BCUT2D eigenvalue weighted by atomic mass is 9.93. The summed E-state index contributed by atoms with van der Waals surface area (Å²) in [6.07, 6.45) is 0. The van der Waals surface area contributed by atoms with Gasteiger partial charge in [0, 0.05) is 11.2 Å². The van der Waals surface area contributed by atoms with E-state index in [2.05, 4.69) is 65.9 Å². The molecule has 1 heteroatoms. The molecule has 0 aliphatic heterocycles. The lowest BCUT2D eigenvalue weighted by molar-refractivity contribution is 0.633. The van der Waals surface area contributed by atoms with Gasteiger partial charge in [-0.25, -0.2) is 0 Å². The van der Waals surface area contributed by atoms with E-state index in [9.17, 15) is 0 Å². The molecule has 1 rings (SSSR count). The SMILES string of the molecule is Cc1c(NC(C)(C)C)ccc(C(C)C)c1C. The molecule has 0 unspecified atom stereocenters. The first-order valence-electron chi connectivity index (χ1n) is 6.10. The Bertz CT molecular complexity index is 370. The van der Waals surface area contributed by atoms with Crippen LogP contribution in [0.15, 0.2) is 12.1 Å². The number of benzene rings is 1. The van der Waals surface area contributed by atoms with E-state index in [0.717, 1.165) is 0 Å². The van der Waals surface area contributed by atoms with Crippen molar-refractivity contribution in [2.45, 2.75) is 59.9 Å². The van der Waals surface area contributed by atoms with Crippen LogP contribution in [0.25, 0.3) is 0 Å². The van der Waals surface area contributed by atoms with E-state index >= 15 is 0 Å². The highest BCUT2D eigenvalue weighted by Gasteiger charge is 2.13. The van der Waals surface area contributed by atoms with E-state index < -0.39 is 0 Å². The minimum atomic E-state index is 0.122. The standard InChI is InChI=1S/C15H25N/c1-10(2)13-8-9-14(12(4)11(13)3)16-15(5,6)7/h8-10,16H,1-7H3. The predicted octanol–water partition coefficient (Wildman–Crippen LogP) is 4.64. The van der Waals surface area contributed by atoms with Gasteiger partial charge in [0.05, 0.1) is 0 Å². The van der Waals surface area contributed by atoms with Crippen molar-refractivity contribution in [1.82, 2.24) is 0 Å². The summed E-state index contributed by atoms with van der Waals surface area (Å²) < 4.78 is 0. The van der Waals surface area contributed by atoms with Crippen molar-refractivity contribution in [3.63, 3.8) is 0 Å². The second-order valence-electron chi connectivity index (χ2n) is 5.98. The van der Waals surface area contributed by atoms with Crippen LogP contribution in [-0.4, -0.2) is 5.54 Å². The molecule has 1 nitrogen and oxygen atoms in total. The molecule has 0 heterocycles. The van der Waals surface area contributed by atoms with Gasteiger partial charge >= 0.3 is 0 Å². The molecule has 1 aromatic rings. The fourth-order valence-electron chi connectivity index (χ4n) is 2.01. The molecule has 0 aliphatic rings. The van der Waals surface area contributed by atoms with Gasteiger partial charge in [-0.1, -0.05) is 19.9 Å². The number of nitrogens with one attached hydrogen (secondary N) is 1. The zero-order valence-electron chi connectivity index (χ0n) is 11.7. The Morgan fingerprint density at radius 3 is 2.00 bits per heavy atom. The monoisotopic (exact) mass is 219 g/mol. The highest BCUT2D eigenvalue weighted by atomic mass is 15.0. The average Bonchev–Trinajstić information content (AvgIpc) is 2.10. The average molecular weight is 219 g/mol. The van der Waals surface area contributed by atoms with Gasteiger partial charge in [-0.2, -0.15) is 0 Å². The fraction of sp³-hybridized carbons (Fsp3) is 0.600. The quantitative estimate of drug-likeness (QED) is 0.764. The van der Waals surface area contributed by atoms with Gasteiger partial charge < -0.3 is 5.32 Å². The minimum Gasteiger partial charge on any atom is -0.380 e. The second kappa shape index (κ2) is 4.48. The highest BCUT2D eigenvalue weighted by molar-refractivity contribution is 5.57. The molecule has 0 aliphatic carbocycles. The smallest absolute Gasteiger partial charge is 0.0376 e. The molecule has 0 saturated heterocycles. The Hall–Kier alpha value is -0.980. The van der Waals surface area contributed by atoms with Crippen LogP contribution in [0, 0.1) is 13.8 Å². The molecule has 0 bridgehead atoms. The zero-order valence-corrected chi connectivity index (χ0v) is 11.7. The normalized spacial score (nSPS) is 12.0. The van der Waals surface area contributed by atoms with Crippen LogP contribution in [0.5, 0.6) is 0 Å². The summed E-state index contributed by atoms with van der Waals surface area (Å²) in [5.41, 5.74) is 5.63. The largest absolute Gasteiger partial charge is 0.380 e. The van der Waals surface area contributed by atoms with Gasteiger partial charge in [-0.3, -0.25) is 0 Å². The molecular weight excluding hydrogens is 194 g/mol. The third-order valence-corrected chi connectivity index (χ3v) is 2.96.